The second-order valence-corrected chi connectivity index (χ2v) is 6.51. The first kappa shape index (κ1) is 11.7. The van der Waals surface area contributed by atoms with Crippen molar-refractivity contribution in [2.45, 2.75) is 6.54 Å². The summed E-state index contributed by atoms with van der Waals surface area (Å²) in [6.07, 6.45) is 0. The second kappa shape index (κ2) is 5.06. The van der Waals surface area contributed by atoms with Crippen molar-refractivity contribution >= 4 is 37.4 Å². The number of rotatable bonds is 2. The molecule has 1 saturated heterocycles. The Labute approximate surface area is 114 Å². The van der Waals surface area contributed by atoms with Gasteiger partial charge in [-0.3, -0.25) is 4.90 Å². The number of halogens is 1. The predicted molar refractivity (Wildman–Crippen MR) is 77.7 cm³/mol. The van der Waals surface area contributed by atoms with E-state index in [4.69, 9.17) is 0 Å². The highest BCUT2D eigenvalue weighted by atomic mass is 79.9. The molecule has 1 aromatic carbocycles. The molecule has 0 aliphatic carbocycles. The average Bonchev–Trinajstić information content (AvgIpc) is 2.71. The molecule has 2 aromatic rings. The van der Waals surface area contributed by atoms with E-state index in [1.54, 1.807) is 0 Å². The summed E-state index contributed by atoms with van der Waals surface area (Å²) in [7, 11) is 0. The largest absolute Gasteiger partial charge is 0.314 e. The highest BCUT2D eigenvalue weighted by Crippen LogP contribution is 2.29. The zero-order valence-electron chi connectivity index (χ0n) is 9.58. The Morgan fingerprint density at radius 1 is 1.24 bits per heavy atom. The monoisotopic (exact) mass is 310 g/mol. The van der Waals surface area contributed by atoms with Crippen LogP contribution in [0.2, 0.25) is 0 Å². The molecule has 0 atom stereocenters. The number of hydrogen-bond donors (Lipinski definition) is 1. The Bertz CT molecular complexity index is 517. The fourth-order valence-electron chi connectivity index (χ4n) is 2.24. The van der Waals surface area contributed by atoms with E-state index in [-0.39, 0.29) is 0 Å². The van der Waals surface area contributed by atoms with Crippen molar-refractivity contribution in [2.75, 3.05) is 26.2 Å². The van der Waals surface area contributed by atoms with Crippen LogP contribution < -0.4 is 5.32 Å². The molecule has 0 spiro atoms. The van der Waals surface area contributed by atoms with Crippen molar-refractivity contribution in [3.05, 3.63) is 33.6 Å². The van der Waals surface area contributed by atoms with Gasteiger partial charge >= 0.3 is 0 Å². The molecule has 4 heteroatoms. The molecule has 2 heterocycles. The summed E-state index contributed by atoms with van der Waals surface area (Å²) in [4.78, 5) is 4.00. The topological polar surface area (TPSA) is 15.3 Å². The van der Waals surface area contributed by atoms with Gasteiger partial charge in [0.05, 0.1) is 0 Å². The summed E-state index contributed by atoms with van der Waals surface area (Å²) in [6, 6.07) is 8.85. The first-order valence-corrected chi connectivity index (χ1v) is 7.53. The smallest absolute Gasteiger partial charge is 0.0346 e. The van der Waals surface area contributed by atoms with Gasteiger partial charge in [-0.2, -0.15) is 0 Å². The molecule has 2 nitrogen and oxygen atoms in total. The van der Waals surface area contributed by atoms with Gasteiger partial charge in [0, 0.05) is 46.8 Å². The van der Waals surface area contributed by atoms with Gasteiger partial charge in [-0.1, -0.05) is 15.9 Å². The third kappa shape index (κ3) is 2.71. The zero-order valence-corrected chi connectivity index (χ0v) is 12.0. The molecular weight excluding hydrogens is 296 g/mol. The number of piperazine rings is 1. The normalized spacial score (nSPS) is 17.7. The third-order valence-corrected chi connectivity index (χ3v) is 4.71. The summed E-state index contributed by atoms with van der Waals surface area (Å²) >= 11 is 5.44. The number of nitrogens with zero attached hydrogens (tertiary/aromatic N) is 1. The number of nitrogens with one attached hydrogen (secondary N) is 1. The highest BCUT2D eigenvalue weighted by Gasteiger charge is 2.11. The van der Waals surface area contributed by atoms with E-state index >= 15 is 0 Å². The minimum absolute atomic E-state index is 1.10. The van der Waals surface area contributed by atoms with E-state index in [0.717, 1.165) is 37.2 Å². The Kier molecular flexibility index (Phi) is 3.47. The van der Waals surface area contributed by atoms with E-state index in [1.807, 2.05) is 11.3 Å². The fourth-order valence-corrected chi connectivity index (χ4v) is 3.70. The molecular formula is C13H15BrN2S. The molecule has 1 aromatic heterocycles. The van der Waals surface area contributed by atoms with Gasteiger partial charge in [-0.15, -0.1) is 11.3 Å². The van der Waals surface area contributed by atoms with Crippen LogP contribution in [0.4, 0.5) is 0 Å². The highest BCUT2D eigenvalue weighted by molar-refractivity contribution is 9.10. The number of benzene rings is 1. The lowest BCUT2D eigenvalue weighted by Gasteiger charge is -2.26. The van der Waals surface area contributed by atoms with E-state index in [2.05, 4.69) is 50.4 Å². The van der Waals surface area contributed by atoms with Crippen molar-refractivity contribution < 1.29 is 0 Å². The van der Waals surface area contributed by atoms with Gasteiger partial charge in [0.2, 0.25) is 0 Å². The van der Waals surface area contributed by atoms with E-state index in [9.17, 15) is 0 Å². The Hall–Kier alpha value is -0.420. The molecule has 0 saturated carbocycles. The van der Waals surface area contributed by atoms with Gasteiger partial charge in [-0.25, -0.2) is 0 Å². The summed E-state index contributed by atoms with van der Waals surface area (Å²) < 4.78 is 2.55. The molecule has 0 amide bonds. The lowest BCUT2D eigenvalue weighted by molar-refractivity contribution is 0.235. The van der Waals surface area contributed by atoms with Crippen molar-refractivity contribution in [2.24, 2.45) is 0 Å². The lowest BCUT2D eigenvalue weighted by Crippen LogP contribution is -2.42. The Morgan fingerprint density at radius 2 is 2.06 bits per heavy atom. The second-order valence-electron chi connectivity index (χ2n) is 4.42. The minimum Gasteiger partial charge on any atom is -0.314 e. The predicted octanol–water partition coefficient (Wildman–Crippen LogP) is 3.07. The Balaban J connectivity index is 1.80. The number of thiophene rings is 1. The molecule has 0 radical (unpaired) electrons. The summed E-state index contributed by atoms with van der Waals surface area (Å²) in [5, 5.41) is 4.75. The summed E-state index contributed by atoms with van der Waals surface area (Å²) in [6.45, 7) is 5.67. The SMILES string of the molecule is Brc1ccc2sc(CN3CCNCC3)cc2c1. The molecule has 1 N–H and O–H groups in total. The first-order chi connectivity index (χ1) is 8.31. The molecule has 3 rings (SSSR count). The van der Waals surface area contributed by atoms with Gasteiger partial charge in [0.1, 0.15) is 0 Å². The van der Waals surface area contributed by atoms with Crippen LogP contribution in [-0.4, -0.2) is 31.1 Å². The van der Waals surface area contributed by atoms with Crippen LogP contribution in [-0.2, 0) is 6.54 Å². The fraction of sp³-hybridized carbons (Fsp3) is 0.385. The molecule has 17 heavy (non-hydrogen) atoms. The minimum atomic E-state index is 1.10. The van der Waals surface area contributed by atoms with Crippen LogP contribution in [0.25, 0.3) is 10.1 Å². The quantitative estimate of drug-likeness (QED) is 0.917. The van der Waals surface area contributed by atoms with Crippen LogP contribution in [0.15, 0.2) is 28.7 Å². The van der Waals surface area contributed by atoms with Crippen molar-refractivity contribution in [1.29, 1.82) is 0 Å². The average molecular weight is 311 g/mol. The third-order valence-electron chi connectivity index (χ3n) is 3.12. The summed E-state index contributed by atoms with van der Waals surface area (Å²) in [5.74, 6) is 0. The number of fused-ring (bicyclic) bond motifs is 1. The van der Waals surface area contributed by atoms with Crippen LogP contribution in [0, 0.1) is 0 Å². The zero-order chi connectivity index (χ0) is 11.7. The van der Waals surface area contributed by atoms with Crippen LogP contribution in [0.3, 0.4) is 0 Å². The molecule has 90 valence electrons. The van der Waals surface area contributed by atoms with Crippen LogP contribution in [0.5, 0.6) is 0 Å². The molecule has 1 aliphatic heterocycles. The van der Waals surface area contributed by atoms with Gasteiger partial charge in [0.15, 0.2) is 0 Å². The lowest BCUT2D eigenvalue weighted by atomic mass is 10.2. The maximum Gasteiger partial charge on any atom is 0.0346 e. The molecule has 1 fully saturated rings. The maximum absolute atomic E-state index is 3.53. The van der Waals surface area contributed by atoms with Crippen LogP contribution in [0.1, 0.15) is 4.88 Å². The van der Waals surface area contributed by atoms with Crippen LogP contribution >= 0.6 is 27.3 Å². The molecule has 0 bridgehead atoms. The van der Waals surface area contributed by atoms with E-state index in [0.29, 0.717) is 0 Å². The van der Waals surface area contributed by atoms with Crippen molar-refractivity contribution in [1.82, 2.24) is 10.2 Å². The van der Waals surface area contributed by atoms with E-state index < -0.39 is 0 Å². The Morgan fingerprint density at radius 3 is 2.88 bits per heavy atom. The van der Waals surface area contributed by atoms with Gasteiger partial charge in [0.25, 0.3) is 0 Å². The maximum atomic E-state index is 3.53. The first-order valence-electron chi connectivity index (χ1n) is 5.92. The van der Waals surface area contributed by atoms with Crippen molar-refractivity contribution in [3.63, 3.8) is 0 Å². The van der Waals surface area contributed by atoms with Gasteiger partial charge < -0.3 is 5.32 Å². The van der Waals surface area contributed by atoms with E-state index in [1.165, 1.54) is 15.0 Å². The van der Waals surface area contributed by atoms with Crippen molar-refractivity contribution in [3.8, 4) is 0 Å². The van der Waals surface area contributed by atoms with Gasteiger partial charge in [-0.05, 0) is 29.7 Å². The summed E-state index contributed by atoms with van der Waals surface area (Å²) in [5.41, 5.74) is 0. The standard InChI is InChI=1S/C13H15BrN2S/c14-11-1-2-13-10(7-11)8-12(17-13)9-16-5-3-15-4-6-16/h1-2,7-8,15H,3-6,9H2. The molecule has 1 aliphatic rings. The molecule has 0 unspecified atom stereocenters. The number of hydrogen-bond acceptors (Lipinski definition) is 3.